The minimum atomic E-state index is -0.820. The average Bonchev–Trinajstić information content (AvgIpc) is 2.98. The number of aromatic amines is 1. The minimum absolute atomic E-state index is 0.250. The SMILES string of the molecule is CC(O)C(C(=O)Nc1cccc(Cl)c1)N1CCc2c([nH]c3ccc(Cl)cc23)C1. The molecule has 2 aromatic carbocycles. The lowest BCUT2D eigenvalue weighted by Gasteiger charge is -2.35. The number of aliphatic hydroxyl groups excluding tert-OH is 1. The zero-order chi connectivity index (χ0) is 19.8. The molecule has 0 radical (unpaired) electrons. The van der Waals surface area contributed by atoms with Crippen LogP contribution in [0.5, 0.6) is 0 Å². The number of carbonyl (C=O) groups is 1. The third-order valence-corrected chi connectivity index (χ3v) is 5.65. The van der Waals surface area contributed by atoms with Gasteiger partial charge in [-0.15, -0.1) is 0 Å². The number of nitrogens with zero attached hydrogens (tertiary/aromatic N) is 1. The number of fused-ring (bicyclic) bond motifs is 3. The number of carbonyl (C=O) groups excluding carboxylic acids is 1. The number of anilines is 1. The number of rotatable bonds is 4. The Morgan fingerprint density at radius 2 is 2.00 bits per heavy atom. The minimum Gasteiger partial charge on any atom is -0.391 e. The second-order valence-corrected chi connectivity index (χ2v) is 8.05. The molecule has 2 atom stereocenters. The lowest BCUT2D eigenvalue weighted by molar-refractivity contribution is -0.125. The summed E-state index contributed by atoms with van der Waals surface area (Å²) < 4.78 is 0. The summed E-state index contributed by atoms with van der Waals surface area (Å²) in [6, 6.07) is 12.1. The molecule has 0 fully saturated rings. The quantitative estimate of drug-likeness (QED) is 0.594. The second-order valence-electron chi connectivity index (χ2n) is 7.18. The molecular formula is C21H21Cl2N3O2. The number of benzene rings is 2. The predicted octanol–water partition coefficient (Wildman–Crippen LogP) is 4.22. The standard InChI is InChI=1S/C21H21Cl2N3O2/c1-12(27)20(21(28)24-15-4-2-3-13(22)9-15)26-8-7-16-17-10-14(23)5-6-18(17)25-19(16)11-26/h2-6,9-10,12,20,25,27H,7-8,11H2,1H3,(H,24,28). The van der Waals surface area contributed by atoms with Gasteiger partial charge in [-0.2, -0.15) is 0 Å². The summed E-state index contributed by atoms with van der Waals surface area (Å²) in [5.74, 6) is -0.250. The Labute approximate surface area is 173 Å². The summed E-state index contributed by atoms with van der Waals surface area (Å²) in [6.07, 6.45) is -0.0388. The maximum atomic E-state index is 12.9. The van der Waals surface area contributed by atoms with Gasteiger partial charge in [0, 0.05) is 45.4 Å². The van der Waals surface area contributed by atoms with E-state index in [9.17, 15) is 9.90 Å². The van der Waals surface area contributed by atoms with Crippen molar-refractivity contribution >= 4 is 45.7 Å². The van der Waals surface area contributed by atoms with Gasteiger partial charge in [0.25, 0.3) is 0 Å². The van der Waals surface area contributed by atoms with E-state index in [1.54, 1.807) is 31.2 Å². The Kier molecular flexibility index (Phi) is 5.34. The van der Waals surface area contributed by atoms with Crippen molar-refractivity contribution in [3.8, 4) is 0 Å². The van der Waals surface area contributed by atoms with Crippen molar-refractivity contribution in [1.82, 2.24) is 9.88 Å². The van der Waals surface area contributed by atoms with Crippen LogP contribution in [0.25, 0.3) is 10.9 Å². The van der Waals surface area contributed by atoms with Crippen molar-refractivity contribution in [2.75, 3.05) is 11.9 Å². The van der Waals surface area contributed by atoms with E-state index in [-0.39, 0.29) is 5.91 Å². The van der Waals surface area contributed by atoms with E-state index < -0.39 is 12.1 Å². The molecule has 28 heavy (non-hydrogen) atoms. The van der Waals surface area contributed by atoms with Gasteiger partial charge in [0.05, 0.1) is 6.10 Å². The first-order valence-corrected chi connectivity index (χ1v) is 9.95. The van der Waals surface area contributed by atoms with Crippen LogP contribution in [0.2, 0.25) is 10.0 Å². The summed E-state index contributed by atoms with van der Waals surface area (Å²) in [4.78, 5) is 18.3. The Morgan fingerprint density at radius 1 is 1.21 bits per heavy atom. The molecule has 0 saturated heterocycles. The first kappa shape index (κ1) is 19.3. The molecule has 7 heteroatoms. The van der Waals surface area contributed by atoms with E-state index >= 15 is 0 Å². The Morgan fingerprint density at radius 3 is 2.75 bits per heavy atom. The number of halogens is 2. The van der Waals surface area contributed by atoms with E-state index in [4.69, 9.17) is 23.2 Å². The molecule has 146 valence electrons. The van der Waals surface area contributed by atoms with Crippen LogP contribution < -0.4 is 5.32 Å². The van der Waals surface area contributed by atoms with Gasteiger partial charge in [-0.05, 0) is 55.3 Å². The number of aliphatic hydroxyl groups is 1. The van der Waals surface area contributed by atoms with Crippen molar-refractivity contribution in [1.29, 1.82) is 0 Å². The summed E-state index contributed by atoms with van der Waals surface area (Å²) in [5, 5.41) is 15.6. The molecule has 0 saturated carbocycles. The maximum absolute atomic E-state index is 12.9. The largest absolute Gasteiger partial charge is 0.391 e. The molecule has 5 nitrogen and oxygen atoms in total. The number of hydrogen-bond donors (Lipinski definition) is 3. The molecule has 1 amide bonds. The molecule has 3 aromatic rings. The fourth-order valence-electron chi connectivity index (χ4n) is 3.94. The number of amides is 1. The van der Waals surface area contributed by atoms with Gasteiger partial charge in [0.1, 0.15) is 6.04 Å². The summed E-state index contributed by atoms with van der Waals surface area (Å²) in [6.45, 7) is 2.87. The van der Waals surface area contributed by atoms with Crippen LogP contribution in [0, 0.1) is 0 Å². The smallest absolute Gasteiger partial charge is 0.244 e. The van der Waals surface area contributed by atoms with Crippen LogP contribution in [-0.4, -0.2) is 39.6 Å². The maximum Gasteiger partial charge on any atom is 0.244 e. The van der Waals surface area contributed by atoms with Gasteiger partial charge >= 0.3 is 0 Å². The van der Waals surface area contributed by atoms with Gasteiger partial charge in [-0.3, -0.25) is 9.69 Å². The monoisotopic (exact) mass is 417 g/mol. The van der Waals surface area contributed by atoms with Gasteiger partial charge in [0.2, 0.25) is 5.91 Å². The van der Waals surface area contributed by atoms with Crippen molar-refractivity contribution in [3.05, 3.63) is 63.8 Å². The van der Waals surface area contributed by atoms with E-state index in [1.807, 2.05) is 23.1 Å². The van der Waals surface area contributed by atoms with E-state index in [1.165, 1.54) is 5.56 Å². The highest BCUT2D eigenvalue weighted by Crippen LogP contribution is 2.31. The molecule has 2 heterocycles. The van der Waals surface area contributed by atoms with Crippen LogP contribution in [0.4, 0.5) is 5.69 Å². The number of H-pyrrole nitrogens is 1. The van der Waals surface area contributed by atoms with Crippen molar-refractivity contribution in [2.45, 2.75) is 32.0 Å². The molecule has 1 aliphatic heterocycles. The van der Waals surface area contributed by atoms with Crippen LogP contribution in [0.1, 0.15) is 18.2 Å². The topological polar surface area (TPSA) is 68.4 Å². The second kappa shape index (κ2) is 7.76. The molecule has 2 unspecified atom stereocenters. The highest BCUT2D eigenvalue weighted by Gasteiger charge is 2.33. The van der Waals surface area contributed by atoms with Crippen LogP contribution >= 0.6 is 23.2 Å². The molecule has 4 rings (SSSR count). The molecule has 1 aromatic heterocycles. The highest BCUT2D eigenvalue weighted by molar-refractivity contribution is 6.31. The zero-order valence-electron chi connectivity index (χ0n) is 15.4. The number of nitrogens with one attached hydrogen (secondary N) is 2. The lowest BCUT2D eigenvalue weighted by atomic mass is 10.00. The third-order valence-electron chi connectivity index (χ3n) is 5.18. The average molecular weight is 418 g/mol. The predicted molar refractivity (Wildman–Crippen MR) is 113 cm³/mol. The summed E-state index contributed by atoms with van der Waals surface area (Å²) in [7, 11) is 0. The van der Waals surface area contributed by atoms with Gasteiger partial charge in [0.15, 0.2) is 0 Å². The van der Waals surface area contributed by atoms with Crippen molar-refractivity contribution in [2.24, 2.45) is 0 Å². The first-order chi connectivity index (χ1) is 13.4. The Hall–Kier alpha value is -2.05. The molecule has 1 aliphatic rings. The van der Waals surface area contributed by atoms with Gasteiger partial charge in [-0.1, -0.05) is 29.3 Å². The van der Waals surface area contributed by atoms with E-state index in [0.717, 1.165) is 23.0 Å². The van der Waals surface area contributed by atoms with Crippen LogP contribution in [-0.2, 0) is 17.8 Å². The normalized spacial score (nSPS) is 16.6. The lowest BCUT2D eigenvalue weighted by Crippen LogP contribution is -2.51. The summed E-state index contributed by atoms with van der Waals surface area (Å²) in [5.41, 5.74) is 3.94. The highest BCUT2D eigenvalue weighted by atomic mass is 35.5. The molecule has 0 aliphatic carbocycles. The Bertz CT molecular complexity index is 1030. The van der Waals surface area contributed by atoms with Crippen molar-refractivity contribution in [3.63, 3.8) is 0 Å². The van der Waals surface area contributed by atoms with Gasteiger partial charge in [-0.25, -0.2) is 0 Å². The Balaban J connectivity index is 1.57. The molecule has 0 bridgehead atoms. The molecular weight excluding hydrogens is 397 g/mol. The fraction of sp³-hybridized carbons (Fsp3) is 0.286. The first-order valence-electron chi connectivity index (χ1n) is 9.20. The third kappa shape index (κ3) is 3.76. The van der Waals surface area contributed by atoms with Gasteiger partial charge < -0.3 is 15.4 Å². The number of hydrogen-bond acceptors (Lipinski definition) is 3. The van der Waals surface area contributed by atoms with Crippen LogP contribution in [0.3, 0.4) is 0 Å². The summed E-state index contributed by atoms with van der Waals surface area (Å²) >= 11 is 12.1. The molecule has 3 N–H and O–H groups in total. The van der Waals surface area contributed by atoms with E-state index in [0.29, 0.717) is 28.8 Å². The number of aromatic nitrogens is 1. The van der Waals surface area contributed by atoms with Crippen molar-refractivity contribution < 1.29 is 9.90 Å². The molecule has 0 spiro atoms. The fourth-order valence-corrected chi connectivity index (χ4v) is 4.31. The van der Waals surface area contributed by atoms with Crippen LogP contribution in [0.15, 0.2) is 42.5 Å². The zero-order valence-corrected chi connectivity index (χ0v) is 16.9. The van der Waals surface area contributed by atoms with E-state index in [2.05, 4.69) is 10.3 Å².